The number of aromatic hydroxyl groups is 4. The fourth-order valence-corrected chi connectivity index (χ4v) is 8.27. The lowest BCUT2D eigenvalue weighted by atomic mass is 9.73. The monoisotopic (exact) mass is 728 g/mol. The molecule has 4 atom stereocenters. The van der Waals surface area contributed by atoms with E-state index in [2.05, 4.69) is 84.9 Å². The maximum absolute atomic E-state index is 10.8. The Labute approximate surface area is 281 Å². The summed E-state index contributed by atoms with van der Waals surface area (Å²) in [6, 6.07) is 3.59. The average Bonchev–Trinajstić information content (AvgIpc) is 2.94. The van der Waals surface area contributed by atoms with E-state index in [1.54, 1.807) is 12.1 Å². The van der Waals surface area contributed by atoms with Crippen molar-refractivity contribution in [2.75, 3.05) is 0 Å². The summed E-state index contributed by atoms with van der Waals surface area (Å²) in [6.45, 7) is 20.6. The van der Waals surface area contributed by atoms with Crippen LogP contribution in [0.4, 0.5) is 0 Å². The molecule has 0 radical (unpaired) electrons. The first-order valence-electron chi connectivity index (χ1n) is 15.8. The summed E-state index contributed by atoms with van der Waals surface area (Å²) in [5.41, 5.74) is 7.94. The lowest BCUT2D eigenvalue weighted by Crippen LogP contribution is -2.17. The van der Waals surface area contributed by atoms with Crippen molar-refractivity contribution in [1.29, 1.82) is 0 Å². The van der Waals surface area contributed by atoms with Gasteiger partial charge in [-0.1, -0.05) is 74.3 Å². The van der Waals surface area contributed by atoms with Crippen molar-refractivity contribution in [3.05, 3.63) is 90.9 Å². The van der Waals surface area contributed by atoms with E-state index in [9.17, 15) is 20.4 Å². The molecule has 4 rings (SSSR count). The van der Waals surface area contributed by atoms with Crippen molar-refractivity contribution >= 4 is 31.9 Å². The van der Waals surface area contributed by atoms with Crippen LogP contribution in [-0.4, -0.2) is 20.4 Å². The summed E-state index contributed by atoms with van der Waals surface area (Å²) >= 11 is 7.04. The standard InChI is InChI=1S/C19H24Br2O2.C19H26O2/c1-5-6-13-16(20)18(22)15(19(23)17(13)21)14-9-11(4)7-8-12(14)10(2)3;1-5-6-14-10-17(20)19(18(21)11-14)16-9-13(4)7-8-15(16)12(2)3/h9,12,14,22-23H,2,5-8H2,1,3-4H3;9-11,15-16,20-21H,2,5-8H2,1,3-4H3/t12?,14-;15?,16-/m11/s1. The minimum absolute atomic E-state index is 0.0203. The predicted molar refractivity (Wildman–Crippen MR) is 191 cm³/mol. The Bertz CT molecular complexity index is 1400. The van der Waals surface area contributed by atoms with Gasteiger partial charge in [-0.25, -0.2) is 0 Å². The van der Waals surface area contributed by atoms with Gasteiger partial charge in [0.05, 0.1) is 8.95 Å². The van der Waals surface area contributed by atoms with Gasteiger partial charge in [0.15, 0.2) is 0 Å². The Morgan fingerprint density at radius 2 is 1.14 bits per heavy atom. The average molecular weight is 731 g/mol. The number of hydrogen-bond acceptors (Lipinski definition) is 4. The summed E-state index contributed by atoms with van der Waals surface area (Å²) < 4.78 is 1.35. The van der Waals surface area contributed by atoms with E-state index in [0.29, 0.717) is 20.1 Å². The van der Waals surface area contributed by atoms with Crippen LogP contribution in [-0.2, 0) is 12.8 Å². The first kappa shape index (κ1) is 36.0. The molecule has 0 bridgehead atoms. The molecule has 240 valence electrons. The molecule has 0 aliphatic heterocycles. The molecular formula is C38H50Br2O4. The molecule has 44 heavy (non-hydrogen) atoms. The number of benzene rings is 2. The van der Waals surface area contributed by atoms with E-state index in [4.69, 9.17) is 0 Å². The molecule has 2 aliphatic rings. The molecule has 0 heterocycles. The molecule has 0 spiro atoms. The fraction of sp³-hybridized carbons (Fsp3) is 0.474. The second kappa shape index (κ2) is 15.7. The maximum Gasteiger partial charge on any atom is 0.137 e. The van der Waals surface area contributed by atoms with Gasteiger partial charge in [-0.3, -0.25) is 0 Å². The highest BCUT2D eigenvalue weighted by molar-refractivity contribution is 9.11. The van der Waals surface area contributed by atoms with Gasteiger partial charge >= 0.3 is 0 Å². The van der Waals surface area contributed by atoms with Crippen molar-refractivity contribution in [1.82, 2.24) is 0 Å². The van der Waals surface area contributed by atoms with E-state index in [1.807, 2.05) is 13.8 Å². The van der Waals surface area contributed by atoms with E-state index in [0.717, 1.165) is 73.6 Å². The first-order chi connectivity index (χ1) is 20.7. The molecule has 4 nitrogen and oxygen atoms in total. The molecule has 0 amide bonds. The van der Waals surface area contributed by atoms with Crippen LogP contribution in [0.2, 0.25) is 0 Å². The largest absolute Gasteiger partial charge is 0.507 e. The highest BCUT2D eigenvalue weighted by Gasteiger charge is 2.33. The Kier molecular flexibility index (Phi) is 12.9. The van der Waals surface area contributed by atoms with Crippen molar-refractivity contribution in [3.63, 3.8) is 0 Å². The summed E-state index contributed by atoms with van der Waals surface area (Å²) in [7, 11) is 0. The van der Waals surface area contributed by atoms with Crippen LogP contribution in [0.25, 0.3) is 0 Å². The summed E-state index contributed by atoms with van der Waals surface area (Å²) in [6.07, 6.45) is 12.0. The number of phenols is 4. The van der Waals surface area contributed by atoms with Crippen molar-refractivity contribution in [2.24, 2.45) is 11.8 Å². The van der Waals surface area contributed by atoms with Crippen LogP contribution in [0.15, 0.2) is 68.7 Å². The lowest BCUT2D eigenvalue weighted by molar-refractivity contribution is 0.402. The summed E-state index contributed by atoms with van der Waals surface area (Å²) in [4.78, 5) is 0. The normalized spacial score (nSPS) is 21.5. The third kappa shape index (κ3) is 8.04. The number of rotatable bonds is 8. The number of hydrogen-bond donors (Lipinski definition) is 4. The van der Waals surface area contributed by atoms with Crippen LogP contribution >= 0.6 is 31.9 Å². The predicted octanol–water partition coefficient (Wildman–Crippen LogP) is 11.7. The molecule has 2 aliphatic carbocycles. The molecule has 0 saturated carbocycles. The van der Waals surface area contributed by atoms with Crippen LogP contribution < -0.4 is 0 Å². The first-order valence-corrected chi connectivity index (χ1v) is 17.4. The fourth-order valence-electron chi connectivity index (χ4n) is 6.78. The number of phenolic OH excluding ortho intramolecular Hbond substituents is 4. The molecule has 2 unspecified atom stereocenters. The topological polar surface area (TPSA) is 80.9 Å². The molecule has 2 aromatic carbocycles. The minimum Gasteiger partial charge on any atom is -0.507 e. The van der Waals surface area contributed by atoms with Crippen LogP contribution in [0.5, 0.6) is 23.0 Å². The Balaban J connectivity index is 0.000000241. The summed E-state index contributed by atoms with van der Waals surface area (Å²) in [5.74, 6) is 1.19. The summed E-state index contributed by atoms with van der Waals surface area (Å²) in [5, 5.41) is 42.4. The molecule has 6 heteroatoms. The Morgan fingerprint density at radius 3 is 1.52 bits per heavy atom. The van der Waals surface area contributed by atoms with Gasteiger partial charge in [0.2, 0.25) is 0 Å². The molecule has 4 N–H and O–H groups in total. The van der Waals surface area contributed by atoms with Gasteiger partial charge in [0.25, 0.3) is 0 Å². The van der Waals surface area contributed by atoms with Gasteiger partial charge in [0.1, 0.15) is 23.0 Å². The number of halogens is 2. The second-order valence-corrected chi connectivity index (χ2v) is 14.4. The number of aryl methyl sites for hydroxylation is 1. The van der Waals surface area contributed by atoms with Crippen LogP contribution in [0.1, 0.15) is 114 Å². The maximum atomic E-state index is 10.8. The van der Waals surface area contributed by atoms with E-state index < -0.39 is 0 Å². The molecule has 0 aromatic heterocycles. The van der Waals surface area contributed by atoms with Gasteiger partial charge in [-0.15, -0.1) is 0 Å². The quantitative estimate of drug-likeness (QED) is 0.204. The third-order valence-electron chi connectivity index (χ3n) is 9.12. The van der Waals surface area contributed by atoms with Gasteiger partial charge < -0.3 is 20.4 Å². The van der Waals surface area contributed by atoms with Gasteiger partial charge in [-0.2, -0.15) is 0 Å². The Hall–Kier alpha value is -2.44. The van der Waals surface area contributed by atoms with Crippen molar-refractivity contribution in [3.8, 4) is 23.0 Å². The van der Waals surface area contributed by atoms with Crippen molar-refractivity contribution < 1.29 is 20.4 Å². The molecule has 0 fully saturated rings. The molecule has 2 aromatic rings. The zero-order valence-electron chi connectivity index (χ0n) is 27.2. The van der Waals surface area contributed by atoms with Crippen LogP contribution in [0, 0.1) is 11.8 Å². The zero-order chi connectivity index (χ0) is 32.9. The van der Waals surface area contributed by atoms with Crippen molar-refractivity contribution in [2.45, 2.75) is 105 Å². The van der Waals surface area contributed by atoms with E-state index in [-0.39, 0.29) is 46.7 Å². The van der Waals surface area contributed by atoms with Gasteiger partial charge in [0, 0.05) is 23.0 Å². The van der Waals surface area contributed by atoms with Crippen LogP contribution in [0.3, 0.4) is 0 Å². The Morgan fingerprint density at radius 1 is 0.727 bits per heavy atom. The highest BCUT2D eigenvalue weighted by atomic mass is 79.9. The SMILES string of the molecule is C=C(C)C1CCC(C)=C[C@H]1c1c(O)c(Br)c(CCC)c(Br)c1O.C=C(C)C1CCC(C)=C[C@H]1c1c(O)cc(CCC)cc1O. The lowest BCUT2D eigenvalue weighted by Gasteiger charge is -2.32. The number of allylic oxidation sites excluding steroid dienone is 6. The van der Waals surface area contributed by atoms with Gasteiger partial charge in [-0.05, 0) is 133 Å². The zero-order valence-corrected chi connectivity index (χ0v) is 30.4. The smallest absolute Gasteiger partial charge is 0.137 e. The van der Waals surface area contributed by atoms with E-state index in [1.165, 1.54) is 11.1 Å². The molecule has 0 saturated heterocycles. The second-order valence-electron chi connectivity index (χ2n) is 12.8. The minimum atomic E-state index is -0.0514. The van der Waals surface area contributed by atoms with E-state index >= 15 is 0 Å². The molecular weight excluding hydrogens is 680 g/mol. The third-order valence-corrected chi connectivity index (χ3v) is 10.8. The highest BCUT2D eigenvalue weighted by Crippen LogP contribution is 2.52.